The first kappa shape index (κ1) is 22.4. The predicted octanol–water partition coefficient (Wildman–Crippen LogP) is 1.81. The van der Waals surface area contributed by atoms with Crippen molar-refractivity contribution < 1.29 is 19.7 Å². The highest BCUT2D eigenvalue weighted by Gasteiger charge is 2.45. The Bertz CT molecular complexity index is 1580. The highest BCUT2D eigenvalue weighted by atomic mass is 16.6. The van der Waals surface area contributed by atoms with Gasteiger partial charge in [0.25, 0.3) is 0 Å². The second-order valence-corrected chi connectivity index (χ2v) is 8.96. The van der Waals surface area contributed by atoms with Crippen LogP contribution in [0.2, 0.25) is 0 Å². The minimum Gasteiger partial charge on any atom is -0.491 e. The number of aromatic nitrogens is 6. The summed E-state index contributed by atoms with van der Waals surface area (Å²) in [5.74, 6) is 0.866. The number of hydrogen-bond donors (Lipinski definition) is 3. The first-order valence-corrected chi connectivity index (χ1v) is 11.5. The van der Waals surface area contributed by atoms with Crippen LogP contribution in [0.4, 0.5) is 5.82 Å². The maximum atomic E-state index is 10.9. The third kappa shape index (κ3) is 3.73. The molecule has 36 heavy (non-hydrogen) atoms. The Labute approximate surface area is 205 Å². The SMILES string of the molecule is Cc1ccc2ccc(OC[C@H]3O[C@@H](c4cc(-c5ccn(C)n5)c5c(N)ncnn45)[C@H](O)[C@@H]3O)cc2n1. The normalized spacial score (nSPS) is 22.0. The molecule has 5 aromatic rings. The zero-order valence-electron chi connectivity index (χ0n) is 19.7. The lowest BCUT2D eigenvalue weighted by molar-refractivity contribution is -0.0187. The molecule has 4 atom stereocenters. The molecule has 11 heteroatoms. The lowest BCUT2D eigenvalue weighted by Crippen LogP contribution is -2.34. The van der Waals surface area contributed by atoms with Crippen molar-refractivity contribution in [1.29, 1.82) is 0 Å². The van der Waals surface area contributed by atoms with Gasteiger partial charge in [0.1, 0.15) is 48.6 Å². The molecule has 0 amide bonds. The molecule has 11 nitrogen and oxygen atoms in total. The van der Waals surface area contributed by atoms with Crippen LogP contribution >= 0.6 is 0 Å². The fourth-order valence-electron chi connectivity index (χ4n) is 4.65. The van der Waals surface area contributed by atoms with E-state index in [-0.39, 0.29) is 12.4 Å². The van der Waals surface area contributed by atoms with Crippen molar-refractivity contribution >= 4 is 22.2 Å². The summed E-state index contributed by atoms with van der Waals surface area (Å²) in [6.45, 7) is 1.97. The minimum absolute atomic E-state index is 0.0412. The summed E-state index contributed by atoms with van der Waals surface area (Å²) in [6, 6.07) is 13.2. The molecule has 5 heterocycles. The Kier molecular flexibility index (Phi) is 5.32. The Morgan fingerprint density at radius 3 is 2.75 bits per heavy atom. The van der Waals surface area contributed by atoms with Crippen LogP contribution in [-0.2, 0) is 11.8 Å². The van der Waals surface area contributed by atoms with Gasteiger partial charge in [0.05, 0.1) is 16.9 Å². The number of hydrogen-bond acceptors (Lipinski definition) is 9. The van der Waals surface area contributed by atoms with Crippen molar-refractivity contribution in [3.63, 3.8) is 0 Å². The Balaban J connectivity index is 1.28. The Morgan fingerprint density at radius 1 is 1.11 bits per heavy atom. The van der Waals surface area contributed by atoms with Crippen LogP contribution in [0.5, 0.6) is 5.75 Å². The average Bonchev–Trinajstić information content (AvgIpc) is 3.54. The van der Waals surface area contributed by atoms with Gasteiger partial charge >= 0.3 is 0 Å². The summed E-state index contributed by atoms with van der Waals surface area (Å²) in [7, 11) is 1.82. The van der Waals surface area contributed by atoms with E-state index in [2.05, 4.69) is 20.2 Å². The van der Waals surface area contributed by atoms with E-state index in [0.29, 0.717) is 28.2 Å². The molecule has 0 unspecified atom stereocenters. The van der Waals surface area contributed by atoms with Crippen LogP contribution in [0.1, 0.15) is 17.5 Å². The number of fused-ring (bicyclic) bond motifs is 2. The fourth-order valence-corrected chi connectivity index (χ4v) is 4.65. The van der Waals surface area contributed by atoms with Crippen LogP contribution < -0.4 is 10.5 Å². The standard InChI is InChI=1S/C25H25N7O4/c1-13-3-4-14-5-6-15(9-18(14)29-13)35-11-20-22(33)23(34)24(36-20)19-10-16(17-7-8-31(2)30-17)21-25(26)27-12-28-32(19)21/h3-10,12,20,22-24,33-34H,11H2,1-2H3,(H2,26,27,28)/t20-,22-,23-,24+/m1/s1. The molecule has 1 aliphatic heterocycles. The van der Waals surface area contributed by atoms with Crippen LogP contribution in [0.3, 0.4) is 0 Å². The molecule has 4 N–H and O–H groups in total. The predicted molar refractivity (Wildman–Crippen MR) is 131 cm³/mol. The Hall–Kier alpha value is -4.06. The highest BCUT2D eigenvalue weighted by Crippen LogP contribution is 2.38. The van der Waals surface area contributed by atoms with Gasteiger partial charge in [-0.25, -0.2) is 9.50 Å². The van der Waals surface area contributed by atoms with E-state index in [1.807, 2.05) is 62.6 Å². The topological polar surface area (TPSA) is 146 Å². The quantitative estimate of drug-likeness (QED) is 0.338. The third-order valence-electron chi connectivity index (χ3n) is 6.47. The van der Waals surface area contributed by atoms with Crippen LogP contribution in [0, 0.1) is 6.92 Å². The highest BCUT2D eigenvalue weighted by molar-refractivity contribution is 5.87. The van der Waals surface area contributed by atoms with Crippen LogP contribution in [-0.4, -0.2) is 64.5 Å². The maximum Gasteiger partial charge on any atom is 0.152 e. The number of nitrogens with zero attached hydrogens (tertiary/aromatic N) is 6. The van der Waals surface area contributed by atoms with Gasteiger partial charge < -0.3 is 25.4 Å². The monoisotopic (exact) mass is 487 g/mol. The van der Waals surface area contributed by atoms with Crippen molar-refractivity contribution in [1.82, 2.24) is 29.4 Å². The second kappa shape index (κ2) is 8.55. The van der Waals surface area contributed by atoms with E-state index >= 15 is 0 Å². The molecule has 1 aromatic carbocycles. The zero-order valence-corrected chi connectivity index (χ0v) is 19.7. The van der Waals surface area contributed by atoms with Crippen molar-refractivity contribution in [3.05, 3.63) is 66.4 Å². The molecule has 4 aromatic heterocycles. The molecule has 1 fully saturated rings. The third-order valence-corrected chi connectivity index (χ3v) is 6.47. The van der Waals surface area contributed by atoms with E-state index < -0.39 is 24.4 Å². The number of aliphatic hydroxyl groups is 2. The smallest absolute Gasteiger partial charge is 0.152 e. The Morgan fingerprint density at radius 2 is 1.94 bits per heavy atom. The molecular formula is C25H25N7O4. The number of nitrogen functional groups attached to an aromatic ring is 1. The van der Waals surface area contributed by atoms with Crippen LogP contribution in [0.25, 0.3) is 27.7 Å². The van der Waals surface area contributed by atoms with Crippen molar-refractivity contribution in [3.8, 4) is 17.0 Å². The number of aliphatic hydroxyl groups excluding tert-OH is 2. The molecule has 184 valence electrons. The summed E-state index contributed by atoms with van der Waals surface area (Å²) >= 11 is 0. The van der Waals surface area contributed by atoms with Gasteiger partial charge in [0.2, 0.25) is 0 Å². The molecule has 6 rings (SSSR count). The van der Waals surface area contributed by atoms with Crippen molar-refractivity contribution in [2.24, 2.45) is 7.05 Å². The van der Waals surface area contributed by atoms with E-state index in [1.165, 1.54) is 6.33 Å². The lowest BCUT2D eigenvalue weighted by atomic mass is 10.1. The number of pyridine rings is 1. The summed E-state index contributed by atoms with van der Waals surface area (Å²) in [6.07, 6.45) is -0.852. The van der Waals surface area contributed by atoms with Gasteiger partial charge in [0, 0.05) is 36.0 Å². The molecule has 0 aliphatic carbocycles. The van der Waals surface area contributed by atoms with Crippen LogP contribution in [0.15, 0.2) is 55.0 Å². The molecule has 1 saturated heterocycles. The fraction of sp³-hybridized carbons (Fsp3) is 0.280. The number of nitrogens with two attached hydrogens (primary N) is 1. The number of ether oxygens (including phenoxy) is 2. The maximum absolute atomic E-state index is 10.9. The van der Waals surface area contributed by atoms with Gasteiger partial charge in [-0.3, -0.25) is 9.67 Å². The van der Waals surface area contributed by atoms with E-state index in [0.717, 1.165) is 16.6 Å². The van der Waals surface area contributed by atoms with Gasteiger partial charge in [-0.15, -0.1) is 0 Å². The number of aryl methyl sites for hydroxylation is 2. The molecule has 0 bridgehead atoms. The molecule has 0 spiro atoms. The summed E-state index contributed by atoms with van der Waals surface area (Å²) < 4.78 is 15.3. The largest absolute Gasteiger partial charge is 0.491 e. The molecule has 0 radical (unpaired) electrons. The first-order valence-electron chi connectivity index (χ1n) is 11.5. The minimum atomic E-state index is -1.20. The molecular weight excluding hydrogens is 462 g/mol. The molecule has 1 aliphatic rings. The second-order valence-electron chi connectivity index (χ2n) is 8.96. The molecule has 0 saturated carbocycles. The van der Waals surface area contributed by atoms with Crippen molar-refractivity contribution in [2.75, 3.05) is 12.3 Å². The summed E-state index contributed by atoms with van der Waals surface area (Å²) in [5.41, 5.74) is 10.4. The van der Waals surface area contributed by atoms with Gasteiger partial charge in [-0.2, -0.15) is 10.2 Å². The number of anilines is 1. The zero-order chi connectivity index (χ0) is 25.0. The van der Waals surface area contributed by atoms with E-state index in [9.17, 15) is 10.2 Å². The summed E-state index contributed by atoms with van der Waals surface area (Å²) in [4.78, 5) is 8.64. The first-order chi connectivity index (χ1) is 17.4. The number of rotatable bonds is 5. The van der Waals surface area contributed by atoms with Gasteiger partial charge in [0.15, 0.2) is 5.82 Å². The van der Waals surface area contributed by atoms with E-state index in [1.54, 1.807) is 9.20 Å². The van der Waals surface area contributed by atoms with Crippen molar-refractivity contribution in [2.45, 2.75) is 31.3 Å². The lowest BCUT2D eigenvalue weighted by Gasteiger charge is -2.16. The summed E-state index contributed by atoms with van der Waals surface area (Å²) in [5, 5.41) is 31.5. The van der Waals surface area contributed by atoms with E-state index in [4.69, 9.17) is 15.2 Å². The number of benzene rings is 1. The average molecular weight is 488 g/mol. The van der Waals surface area contributed by atoms with Gasteiger partial charge in [-0.05, 0) is 37.3 Å². The van der Waals surface area contributed by atoms with Gasteiger partial charge in [-0.1, -0.05) is 6.07 Å².